The third-order valence-electron chi connectivity index (χ3n) is 3.51. The maximum absolute atomic E-state index is 12.4. The molecule has 19 heavy (non-hydrogen) atoms. The molecule has 1 aliphatic heterocycles. The number of ether oxygens (including phenoxy) is 1. The van der Waals surface area contributed by atoms with Crippen molar-refractivity contribution in [1.82, 2.24) is 15.1 Å². The number of aromatic amines is 1. The molecule has 1 aromatic heterocycles. The van der Waals surface area contributed by atoms with Crippen LogP contribution in [0.1, 0.15) is 10.5 Å². The number of hydrogen-bond acceptors (Lipinski definition) is 4. The van der Waals surface area contributed by atoms with Gasteiger partial charge in [-0.3, -0.25) is 9.89 Å². The summed E-state index contributed by atoms with van der Waals surface area (Å²) in [5, 5.41) is 17.5. The van der Waals surface area contributed by atoms with E-state index in [4.69, 9.17) is 4.74 Å². The van der Waals surface area contributed by atoms with Crippen molar-refractivity contribution in [2.45, 2.75) is 12.1 Å². The Kier molecular flexibility index (Phi) is 2.96. The zero-order chi connectivity index (χ0) is 13.4. The van der Waals surface area contributed by atoms with Crippen LogP contribution in [0.4, 0.5) is 0 Å². The van der Waals surface area contributed by atoms with Crippen molar-refractivity contribution >= 4 is 16.8 Å². The monoisotopic (exact) mass is 261 g/mol. The standard InChI is InChI=1S/C13H15N3O3/c1-16(10-6-19-7-11(10)17)13(18)12-8-4-2-3-5-9(8)14-15-12/h2-5,10-11,17H,6-7H2,1H3,(H,14,15)/t10-,11-/m0/s1. The summed E-state index contributed by atoms with van der Waals surface area (Å²) in [4.78, 5) is 13.9. The fourth-order valence-corrected chi connectivity index (χ4v) is 2.35. The van der Waals surface area contributed by atoms with Crippen LogP contribution in [0.25, 0.3) is 10.9 Å². The second-order valence-corrected chi connectivity index (χ2v) is 4.71. The molecule has 6 heteroatoms. The van der Waals surface area contributed by atoms with Gasteiger partial charge in [0.25, 0.3) is 5.91 Å². The molecule has 1 aliphatic rings. The highest BCUT2D eigenvalue weighted by atomic mass is 16.5. The van der Waals surface area contributed by atoms with Gasteiger partial charge in [0.1, 0.15) is 0 Å². The number of carbonyl (C=O) groups is 1. The minimum Gasteiger partial charge on any atom is -0.388 e. The van der Waals surface area contributed by atoms with Crippen molar-refractivity contribution < 1.29 is 14.6 Å². The zero-order valence-corrected chi connectivity index (χ0v) is 10.5. The Bertz CT molecular complexity index is 610. The Hall–Kier alpha value is -1.92. The molecule has 0 unspecified atom stereocenters. The lowest BCUT2D eigenvalue weighted by Crippen LogP contribution is -2.44. The smallest absolute Gasteiger partial charge is 0.275 e. The van der Waals surface area contributed by atoms with Crippen molar-refractivity contribution in [1.29, 1.82) is 0 Å². The first-order valence-corrected chi connectivity index (χ1v) is 6.14. The summed E-state index contributed by atoms with van der Waals surface area (Å²) in [6.07, 6.45) is -0.640. The molecule has 100 valence electrons. The number of carbonyl (C=O) groups excluding carboxylic acids is 1. The molecule has 2 aromatic rings. The average Bonchev–Trinajstić information content (AvgIpc) is 3.03. The SMILES string of the molecule is CN(C(=O)c1n[nH]c2ccccc12)[C@H]1COC[C@@H]1O. The van der Waals surface area contributed by atoms with E-state index in [0.717, 1.165) is 10.9 Å². The molecule has 6 nitrogen and oxygen atoms in total. The molecule has 2 atom stereocenters. The van der Waals surface area contributed by atoms with Gasteiger partial charge in [0, 0.05) is 12.4 Å². The highest BCUT2D eigenvalue weighted by Gasteiger charge is 2.33. The van der Waals surface area contributed by atoms with Crippen LogP contribution in [0.5, 0.6) is 0 Å². The van der Waals surface area contributed by atoms with E-state index in [1.807, 2.05) is 24.3 Å². The van der Waals surface area contributed by atoms with E-state index in [9.17, 15) is 9.90 Å². The minimum atomic E-state index is -0.640. The van der Waals surface area contributed by atoms with Gasteiger partial charge in [-0.25, -0.2) is 0 Å². The summed E-state index contributed by atoms with van der Waals surface area (Å²) in [5.74, 6) is -0.216. The van der Waals surface area contributed by atoms with Crippen molar-refractivity contribution in [3.05, 3.63) is 30.0 Å². The molecule has 1 amide bonds. The maximum atomic E-state index is 12.4. The zero-order valence-electron chi connectivity index (χ0n) is 10.5. The molecule has 1 aromatic carbocycles. The fraction of sp³-hybridized carbons (Fsp3) is 0.385. The van der Waals surface area contributed by atoms with Crippen LogP contribution in [0.15, 0.2) is 24.3 Å². The first-order valence-electron chi connectivity index (χ1n) is 6.14. The van der Waals surface area contributed by atoms with Crippen LogP contribution < -0.4 is 0 Å². The number of benzene rings is 1. The van der Waals surface area contributed by atoms with Crippen LogP contribution in [0, 0.1) is 0 Å². The number of hydrogen-bond donors (Lipinski definition) is 2. The first-order chi connectivity index (χ1) is 9.18. The topological polar surface area (TPSA) is 78.5 Å². The lowest BCUT2D eigenvalue weighted by atomic mass is 10.1. The first kappa shape index (κ1) is 12.1. The number of para-hydroxylation sites is 1. The quantitative estimate of drug-likeness (QED) is 0.820. The Morgan fingerprint density at radius 3 is 3.00 bits per heavy atom. The maximum Gasteiger partial charge on any atom is 0.275 e. The van der Waals surface area contributed by atoms with Crippen molar-refractivity contribution in [2.24, 2.45) is 0 Å². The van der Waals surface area contributed by atoms with Crippen LogP contribution >= 0.6 is 0 Å². The molecule has 0 radical (unpaired) electrons. The van der Waals surface area contributed by atoms with Crippen LogP contribution in [0.3, 0.4) is 0 Å². The van der Waals surface area contributed by atoms with E-state index in [2.05, 4.69) is 10.2 Å². The molecule has 0 spiro atoms. The third kappa shape index (κ3) is 1.98. The highest BCUT2D eigenvalue weighted by molar-refractivity contribution is 6.04. The number of aliphatic hydroxyl groups is 1. The van der Waals surface area contributed by atoms with Crippen LogP contribution in [-0.4, -0.2) is 58.5 Å². The summed E-state index contributed by atoms with van der Waals surface area (Å²) >= 11 is 0. The van der Waals surface area contributed by atoms with Gasteiger partial charge < -0.3 is 14.7 Å². The van der Waals surface area contributed by atoms with Crippen molar-refractivity contribution in [3.8, 4) is 0 Å². The second kappa shape index (κ2) is 4.64. The van der Waals surface area contributed by atoms with Gasteiger partial charge >= 0.3 is 0 Å². The van der Waals surface area contributed by atoms with Gasteiger partial charge in [0.15, 0.2) is 5.69 Å². The Labute approximate surface area is 110 Å². The largest absolute Gasteiger partial charge is 0.388 e. The molecule has 0 aliphatic carbocycles. The van der Waals surface area contributed by atoms with E-state index < -0.39 is 6.10 Å². The van der Waals surface area contributed by atoms with E-state index in [0.29, 0.717) is 12.3 Å². The van der Waals surface area contributed by atoms with E-state index in [-0.39, 0.29) is 18.6 Å². The Morgan fingerprint density at radius 2 is 2.26 bits per heavy atom. The van der Waals surface area contributed by atoms with Gasteiger partial charge in [-0.15, -0.1) is 0 Å². The number of rotatable bonds is 2. The predicted molar refractivity (Wildman–Crippen MR) is 68.8 cm³/mol. The van der Waals surface area contributed by atoms with Crippen LogP contribution in [0.2, 0.25) is 0 Å². The summed E-state index contributed by atoms with van der Waals surface area (Å²) in [7, 11) is 1.66. The van der Waals surface area contributed by atoms with E-state index in [1.165, 1.54) is 4.90 Å². The normalized spacial score (nSPS) is 22.8. The molecular weight excluding hydrogens is 246 g/mol. The summed E-state index contributed by atoms with van der Waals surface area (Å²) in [6.45, 7) is 0.620. The van der Waals surface area contributed by atoms with Crippen molar-refractivity contribution in [3.63, 3.8) is 0 Å². The van der Waals surface area contributed by atoms with E-state index in [1.54, 1.807) is 7.05 Å². The Balaban J connectivity index is 1.91. The second-order valence-electron chi connectivity index (χ2n) is 4.71. The minimum absolute atomic E-state index is 0.216. The summed E-state index contributed by atoms with van der Waals surface area (Å²) in [6, 6.07) is 7.14. The van der Waals surface area contributed by atoms with Gasteiger partial charge in [0.05, 0.1) is 30.9 Å². The molecule has 2 N–H and O–H groups in total. The highest BCUT2D eigenvalue weighted by Crippen LogP contribution is 2.19. The number of nitrogens with zero attached hydrogens (tertiary/aromatic N) is 2. The number of aromatic nitrogens is 2. The summed E-state index contributed by atoms with van der Waals surface area (Å²) in [5.41, 5.74) is 1.19. The molecule has 0 saturated carbocycles. The van der Waals surface area contributed by atoms with Gasteiger partial charge in [-0.1, -0.05) is 18.2 Å². The number of H-pyrrole nitrogens is 1. The number of aliphatic hydroxyl groups excluding tert-OH is 1. The Morgan fingerprint density at radius 1 is 1.47 bits per heavy atom. The number of amides is 1. The molecular formula is C13H15N3O3. The number of fused-ring (bicyclic) bond motifs is 1. The molecule has 0 bridgehead atoms. The third-order valence-corrected chi connectivity index (χ3v) is 3.51. The van der Waals surface area contributed by atoms with E-state index >= 15 is 0 Å². The van der Waals surface area contributed by atoms with Gasteiger partial charge in [-0.2, -0.15) is 5.10 Å². The van der Waals surface area contributed by atoms with Crippen molar-refractivity contribution in [2.75, 3.05) is 20.3 Å². The lowest BCUT2D eigenvalue weighted by Gasteiger charge is -2.24. The molecule has 1 saturated heterocycles. The average molecular weight is 261 g/mol. The van der Waals surface area contributed by atoms with Gasteiger partial charge in [0.2, 0.25) is 0 Å². The number of likely N-dealkylation sites (N-methyl/N-ethyl adjacent to an activating group) is 1. The molecule has 2 heterocycles. The molecule has 1 fully saturated rings. The lowest BCUT2D eigenvalue weighted by molar-refractivity contribution is 0.0577. The van der Waals surface area contributed by atoms with Crippen LogP contribution in [-0.2, 0) is 4.74 Å². The fourth-order valence-electron chi connectivity index (χ4n) is 2.35. The predicted octanol–water partition coefficient (Wildman–Crippen LogP) is 0.395. The molecule has 3 rings (SSSR count). The van der Waals surface area contributed by atoms with Gasteiger partial charge in [-0.05, 0) is 6.07 Å². The number of nitrogens with one attached hydrogen (secondary N) is 1. The summed E-state index contributed by atoms with van der Waals surface area (Å²) < 4.78 is 5.17.